The van der Waals surface area contributed by atoms with Gasteiger partial charge in [-0.25, -0.2) is 9.97 Å². The third-order valence-electron chi connectivity index (χ3n) is 2.85. The number of ether oxygens (including phenoxy) is 2. The summed E-state index contributed by atoms with van der Waals surface area (Å²) in [5.41, 5.74) is 1.03. The van der Waals surface area contributed by atoms with Crippen LogP contribution in [0, 0.1) is 0 Å². The van der Waals surface area contributed by atoms with Crippen molar-refractivity contribution < 1.29 is 14.3 Å². The second-order valence-electron chi connectivity index (χ2n) is 4.36. The van der Waals surface area contributed by atoms with Gasteiger partial charge in [-0.3, -0.25) is 4.79 Å². The van der Waals surface area contributed by atoms with Crippen LogP contribution < -0.4 is 15.4 Å². The van der Waals surface area contributed by atoms with E-state index in [4.69, 9.17) is 9.47 Å². The SMILES string of the molecule is COCCNC(=O)c1cnc(Nc2ccccc2OC)cn1. The zero-order valence-corrected chi connectivity index (χ0v) is 12.5. The highest BCUT2D eigenvalue weighted by Gasteiger charge is 2.08. The molecule has 0 unspecified atom stereocenters. The molecule has 2 aromatic rings. The Balaban J connectivity index is 2.01. The van der Waals surface area contributed by atoms with E-state index in [0.717, 1.165) is 5.69 Å². The lowest BCUT2D eigenvalue weighted by Crippen LogP contribution is -2.27. The minimum Gasteiger partial charge on any atom is -0.495 e. The van der Waals surface area contributed by atoms with Crippen molar-refractivity contribution in [1.82, 2.24) is 15.3 Å². The molecule has 0 aliphatic heterocycles. The van der Waals surface area contributed by atoms with Crippen molar-refractivity contribution in [1.29, 1.82) is 0 Å². The highest BCUT2D eigenvalue weighted by atomic mass is 16.5. The van der Waals surface area contributed by atoms with Gasteiger partial charge in [-0.15, -0.1) is 0 Å². The van der Waals surface area contributed by atoms with Crippen molar-refractivity contribution >= 4 is 17.4 Å². The molecule has 0 bridgehead atoms. The summed E-state index contributed by atoms with van der Waals surface area (Å²) in [6.07, 6.45) is 2.91. The van der Waals surface area contributed by atoms with Crippen molar-refractivity contribution in [2.75, 3.05) is 32.7 Å². The number of anilines is 2. The summed E-state index contributed by atoms with van der Waals surface area (Å²) in [4.78, 5) is 20.0. The van der Waals surface area contributed by atoms with Gasteiger partial charge in [-0.05, 0) is 12.1 Å². The molecule has 0 aliphatic carbocycles. The van der Waals surface area contributed by atoms with Crippen molar-refractivity contribution in [3.8, 4) is 5.75 Å². The summed E-state index contributed by atoms with van der Waals surface area (Å²) in [6, 6.07) is 7.47. The van der Waals surface area contributed by atoms with Crippen molar-refractivity contribution in [3.63, 3.8) is 0 Å². The number of hydrogen-bond donors (Lipinski definition) is 2. The highest BCUT2D eigenvalue weighted by Crippen LogP contribution is 2.25. The molecule has 7 nitrogen and oxygen atoms in total. The van der Waals surface area contributed by atoms with Gasteiger partial charge in [0.15, 0.2) is 0 Å². The van der Waals surface area contributed by atoms with Crippen LogP contribution in [-0.2, 0) is 4.74 Å². The van der Waals surface area contributed by atoms with Gasteiger partial charge in [0.25, 0.3) is 5.91 Å². The van der Waals surface area contributed by atoms with Crippen LogP contribution in [0.1, 0.15) is 10.5 Å². The molecule has 0 radical (unpaired) electrons. The Bertz CT molecular complexity index is 616. The fraction of sp³-hybridized carbons (Fsp3) is 0.267. The third kappa shape index (κ3) is 4.16. The summed E-state index contributed by atoms with van der Waals surface area (Å²) in [6.45, 7) is 0.880. The van der Waals surface area contributed by atoms with Crippen LogP contribution in [0.2, 0.25) is 0 Å². The Morgan fingerprint density at radius 2 is 2.00 bits per heavy atom. The van der Waals surface area contributed by atoms with Crippen molar-refractivity contribution in [2.24, 2.45) is 0 Å². The molecule has 0 spiro atoms. The maximum atomic E-state index is 11.8. The molecule has 1 aromatic heterocycles. The summed E-state index contributed by atoms with van der Waals surface area (Å²) < 4.78 is 10.1. The first kappa shape index (κ1) is 15.7. The average Bonchev–Trinajstić information content (AvgIpc) is 2.56. The van der Waals surface area contributed by atoms with E-state index in [1.54, 1.807) is 14.2 Å². The number of hydrogen-bond acceptors (Lipinski definition) is 6. The van der Waals surface area contributed by atoms with E-state index in [2.05, 4.69) is 20.6 Å². The van der Waals surface area contributed by atoms with Gasteiger partial charge in [0.05, 0.1) is 31.8 Å². The molecule has 0 fully saturated rings. The number of carbonyl (C=O) groups is 1. The van der Waals surface area contributed by atoms with Crippen LogP contribution in [0.15, 0.2) is 36.7 Å². The standard InChI is InChI=1S/C15H18N4O3/c1-21-8-7-16-15(20)12-9-18-14(10-17-12)19-11-5-3-4-6-13(11)22-2/h3-6,9-10H,7-8H2,1-2H3,(H,16,20)(H,18,19). The first-order valence-corrected chi connectivity index (χ1v) is 6.74. The topological polar surface area (TPSA) is 85.4 Å². The van der Waals surface area contributed by atoms with Crippen LogP contribution in [0.3, 0.4) is 0 Å². The lowest BCUT2D eigenvalue weighted by atomic mass is 10.3. The average molecular weight is 302 g/mol. The van der Waals surface area contributed by atoms with E-state index < -0.39 is 0 Å². The van der Waals surface area contributed by atoms with E-state index in [1.807, 2.05) is 24.3 Å². The third-order valence-corrected chi connectivity index (χ3v) is 2.85. The molecule has 0 saturated heterocycles. The number of nitrogens with one attached hydrogen (secondary N) is 2. The van der Waals surface area contributed by atoms with Crippen LogP contribution in [-0.4, -0.2) is 43.2 Å². The molecule has 2 N–H and O–H groups in total. The second kappa shape index (κ2) is 7.94. The number of amides is 1. The smallest absolute Gasteiger partial charge is 0.271 e. The Morgan fingerprint density at radius 1 is 1.18 bits per heavy atom. The Labute approximate surface area is 128 Å². The molecule has 0 aliphatic rings. The molecule has 22 heavy (non-hydrogen) atoms. The highest BCUT2D eigenvalue weighted by molar-refractivity contribution is 5.92. The molecule has 1 aromatic carbocycles. The van der Waals surface area contributed by atoms with Crippen LogP contribution >= 0.6 is 0 Å². The van der Waals surface area contributed by atoms with Crippen LogP contribution in [0.5, 0.6) is 5.75 Å². The fourth-order valence-corrected chi connectivity index (χ4v) is 1.75. The first-order valence-electron chi connectivity index (χ1n) is 6.74. The van der Waals surface area contributed by atoms with Gasteiger partial charge in [-0.2, -0.15) is 0 Å². The van der Waals surface area contributed by atoms with Gasteiger partial charge in [0.1, 0.15) is 17.3 Å². The quantitative estimate of drug-likeness (QED) is 0.756. The van der Waals surface area contributed by atoms with E-state index in [0.29, 0.717) is 24.7 Å². The maximum Gasteiger partial charge on any atom is 0.271 e. The van der Waals surface area contributed by atoms with E-state index in [1.165, 1.54) is 12.4 Å². The van der Waals surface area contributed by atoms with Crippen molar-refractivity contribution in [2.45, 2.75) is 0 Å². The molecule has 7 heteroatoms. The minimum atomic E-state index is -0.284. The number of aromatic nitrogens is 2. The van der Waals surface area contributed by atoms with Gasteiger partial charge in [-0.1, -0.05) is 12.1 Å². The summed E-state index contributed by atoms with van der Waals surface area (Å²) in [7, 11) is 3.17. The minimum absolute atomic E-state index is 0.252. The van der Waals surface area contributed by atoms with E-state index in [-0.39, 0.29) is 11.6 Å². The monoisotopic (exact) mass is 302 g/mol. The lowest BCUT2D eigenvalue weighted by molar-refractivity contribution is 0.0932. The Kier molecular flexibility index (Phi) is 5.67. The molecule has 0 atom stereocenters. The molecular formula is C15H18N4O3. The Hall–Kier alpha value is -2.67. The molecular weight excluding hydrogens is 284 g/mol. The fourth-order valence-electron chi connectivity index (χ4n) is 1.75. The molecule has 2 rings (SSSR count). The number of para-hydroxylation sites is 2. The number of rotatable bonds is 7. The number of methoxy groups -OCH3 is 2. The van der Waals surface area contributed by atoms with Crippen molar-refractivity contribution in [3.05, 3.63) is 42.4 Å². The number of carbonyl (C=O) groups excluding carboxylic acids is 1. The largest absolute Gasteiger partial charge is 0.495 e. The first-order chi connectivity index (χ1) is 10.7. The predicted molar refractivity (Wildman–Crippen MR) is 82.5 cm³/mol. The zero-order valence-electron chi connectivity index (χ0n) is 12.5. The lowest BCUT2D eigenvalue weighted by Gasteiger charge is -2.10. The normalized spacial score (nSPS) is 10.1. The molecule has 1 heterocycles. The van der Waals surface area contributed by atoms with Gasteiger partial charge in [0, 0.05) is 13.7 Å². The Morgan fingerprint density at radius 3 is 2.68 bits per heavy atom. The predicted octanol–water partition coefficient (Wildman–Crippen LogP) is 1.60. The van der Waals surface area contributed by atoms with Crippen LogP contribution in [0.25, 0.3) is 0 Å². The number of nitrogens with zero attached hydrogens (tertiary/aromatic N) is 2. The zero-order chi connectivity index (χ0) is 15.8. The second-order valence-corrected chi connectivity index (χ2v) is 4.36. The number of benzene rings is 1. The summed E-state index contributed by atoms with van der Waals surface area (Å²) in [5, 5.41) is 5.77. The maximum absolute atomic E-state index is 11.8. The molecule has 116 valence electrons. The molecule has 0 saturated carbocycles. The van der Waals surface area contributed by atoms with Gasteiger partial charge in [0.2, 0.25) is 0 Å². The summed E-state index contributed by atoms with van der Waals surface area (Å²) >= 11 is 0. The summed E-state index contributed by atoms with van der Waals surface area (Å²) in [5.74, 6) is 0.942. The van der Waals surface area contributed by atoms with Gasteiger partial charge < -0.3 is 20.1 Å². The van der Waals surface area contributed by atoms with Crippen LogP contribution in [0.4, 0.5) is 11.5 Å². The van der Waals surface area contributed by atoms with Gasteiger partial charge >= 0.3 is 0 Å². The van der Waals surface area contributed by atoms with E-state index >= 15 is 0 Å². The molecule has 1 amide bonds. The van der Waals surface area contributed by atoms with E-state index in [9.17, 15) is 4.79 Å².